The molecule has 134 valence electrons. The van der Waals surface area contributed by atoms with Crippen LogP contribution in [-0.2, 0) is 4.79 Å². The lowest BCUT2D eigenvalue weighted by Gasteiger charge is -2.16. The van der Waals surface area contributed by atoms with Crippen molar-refractivity contribution in [2.45, 2.75) is 12.8 Å². The van der Waals surface area contributed by atoms with Gasteiger partial charge in [-0.2, -0.15) is 0 Å². The molecule has 26 heavy (non-hydrogen) atoms. The number of amides is 1. The van der Waals surface area contributed by atoms with Crippen LogP contribution in [0.5, 0.6) is 11.5 Å². The van der Waals surface area contributed by atoms with Gasteiger partial charge in [0, 0.05) is 29.8 Å². The predicted molar refractivity (Wildman–Crippen MR) is 101 cm³/mol. The molecule has 1 amide bonds. The molecule has 0 aromatic heterocycles. The number of ether oxygens (including phenoxy) is 2. The maximum atomic E-state index is 12.6. The van der Waals surface area contributed by atoms with Crippen LogP contribution in [0.3, 0.4) is 0 Å². The summed E-state index contributed by atoms with van der Waals surface area (Å²) in [6.07, 6.45) is 4.62. The first-order valence-corrected chi connectivity index (χ1v) is 8.48. The number of methoxy groups -OCH3 is 2. The van der Waals surface area contributed by atoms with Crippen LogP contribution < -0.4 is 14.4 Å². The van der Waals surface area contributed by atoms with Crippen LogP contribution in [0, 0.1) is 0 Å². The zero-order valence-electron chi connectivity index (χ0n) is 14.9. The van der Waals surface area contributed by atoms with Crippen LogP contribution in [0.15, 0.2) is 48.5 Å². The highest BCUT2D eigenvalue weighted by Gasteiger charge is 2.22. The summed E-state index contributed by atoms with van der Waals surface area (Å²) in [5.74, 6) is 1.15. The Morgan fingerprint density at radius 1 is 1.12 bits per heavy atom. The molecule has 0 radical (unpaired) electrons. The van der Waals surface area contributed by atoms with E-state index >= 15 is 0 Å². The lowest BCUT2D eigenvalue weighted by Crippen LogP contribution is -2.23. The second-order valence-electron chi connectivity index (χ2n) is 5.98. The number of carbonyl (C=O) groups excluding carboxylic acids is 2. The second-order valence-corrected chi connectivity index (χ2v) is 5.98. The number of hydrogen-bond acceptors (Lipinski definition) is 4. The molecule has 1 aliphatic rings. The first-order valence-electron chi connectivity index (χ1n) is 8.48. The van der Waals surface area contributed by atoms with Gasteiger partial charge in [0.1, 0.15) is 0 Å². The molecule has 0 N–H and O–H groups in total. The monoisotopic (exact) mass is 351 g/mol. The summed E-state index contributed by atoms with van der Waals surface area (Å²) in [6, 6.07) is 12.7. The average molecular weight is 351 g/mol. The molecule has 0 unspecified atom stereocenters. The number of hydrogen-bond donors (Lipinski definition) is 0. The lowest BCUT2D eigenvalue weighted by atomic mass is 10.1. The molecular formula is C21H21NO4. The molecule has 1 heterocycles. The Morgan fingerprint density at radius 2 is 1.92 bits per heavy atom. The maximum absolute atomic E-state index is 12.6. The summed E-state index contributed by atoms with van der Waals surface area (Å²) < 4.78 is 10.6. The van der Waals surface area contributed by atoms with E-state index in [1.54, 1.807) is 49.5 Å². The van der Waals surface area contributed by atoms with Crippen molar-refractivity contribution in [1.29, 1.82) is 0 Å². The Balaban J connectivity index is 1.82. The first-order chi connectivity index (χ1) is 12.6. The summed E-state index contributed by atoms with van der Waals surface area (Å²) in [6.45, 7) is 0.702. The molecule has 2 aromatic rings. The minimum atomic E-state index is -0.136. The van der Waals surface area contributed by atoms with E-state index in [1.165, 1.54) is 6.08 Å². The number of allylic oxidation sites excluding steroid dienone is 1. The Morgan fingerprint density at radius 3 is 2.62 bits per heavy atom. The summed E-state index contributed by atoms with van der Waals surface area (Å²) in [5, 5.41) is 0. The zero-order valence-corrected chi connectivity index (χ0v) is 14.9. The van der Waals surface area contributed by atoms with Crippen molar-refractivity contribution in [3.63, 3.8) is 0 Å². The fourth-order valence-electron chi connectivity index (χ4n) is 3.05. The van der Waals surface area contributed by atoms with Crippen LogP contribution in [0.4, 0.5) is 5.69 Å². The van der Waals surface area contributed by atoms with Crippen LogP contribution >= 0.6 is 0 Å². The molecule has 1 aliphatic heterocycles. The standard InChI is InChI=1S/C21H21NO4/c1-25-19-9-4-6-15(21(19)26-2)11-12-18(23)16-7-3-8-17(14-16)22-13-5-10-20(22)24/h3-4,6-9,11-12,14H,5,10,13H2,1-2H3/b12-11+. The normalized spacial score (nSPS) is 14.1. The molecule has 1 saturated heterocycles. The molecular weight excluding hydrogens is 330 g/mol. The van der Waals surface area contributed by atoms with E-state index in [9.17, 15) is 9.59 Å². The van der Waals surface area contributed by atoms with Crippen LogP contribution in [-0.4, -0.2) is 32.5 Å². The molecule has 5 heteroatoms. The molecule has 0 saturated carbocycles. The van der Waals surface area contributed by atoms with Crippen molar-refractivity contribution in [1.82, 2.24) is 0 Å². The quantitative estimate of drug-likeness (QED) is 0.588. The minimum absolute atomic E-state index is 0.103. The lowest BCUT2D eigenvalue weighted by molar-refractivity contribution is -0.117. The summed E-state index contributed by atoms with van der Waals surface area (Å²) in [7, 11) is 3.13. The summed E-state index contributed by atoms with van der Waals surface area (Å²) in [5.41, 5.74) is 2.07. The van der Waals surface area contributed by atoms with E-state index in [-0.39, 0.29) is 11.7 Å². The van der Waals surface area contributed by atoms with Gasteiger partial charge in [0.2, 0.25) is 5.91 Å². The third-order valence-corrected chi connectivity index (χ3v) is 4.36. The van der Waals surface area contributed by atoms with Crippen LogP contribution in [0.25, 0.3) is 6.08 Å². The van der Waals surface area contributed by atoms with E-state index in [4.69, 9.17) is 9.47 Å². The molecule has 1 fully saturated rings. The third kappa shape index (κ3) is 3.61. The zero-order chi connectivity index (χ0) is 18.5. The molecule has 0 aliphatic carbocycles. The van der Waals surface area contributed by atoms with Crippen molar-refractivity contribution < 1.29 is 19.1 Å². The van der Waals surface area contributed by atoms with Gasteiger partial charge in [-0.05, 0) is 36.8 Å². The third-order valence-electron chi connectivity index (χ3n) is 4.36. The van der Waals surface area contributed by atoms with Crippen molar-refractivity contribution in [2.24, 2.45) is 0 Å². The Hall–Kier alpha value is -3.08. The van der Waals surface area contributed by atoms with Crippen LogP contribution in [0.2, 0.25) is 0 Å². The molecule has 0 atom stereocenters. The smallest absolute Gasteiger partial charge is 0.227 e. The van der Waals surface area contributed by atoms with Gasteiger partial charge >= 0.3 is 0 Å². The van der Waals surface area contributed by atoms with E-state index in [0.29, 0.717) is 30.0 Å². The molecule has 3 rings (SSSR count). The minimum Gasteiger partial charge on any atom is -0.493 e. The van der Waals surface area contributed by atoms with Gasteiger partial charge in [-0.15, -0.1) is 0 Å². The number of benzene rings is 2. The average Bonchev–Trinajstić information content (AvgIpc) is 3.11. The van der Waals surface area contributed by atoms with Gasteiger partial charge in [0.05, 0.1) is 14.2 Å². The molecule has 2 aromatic carbocycles. The SMILES string of the molecule is COc1cccc(/C=C/C(=O)c2cccc(N3CCCC3=O)c2)c1OC. The van der Waals surface area contributed by atoms with Crippen molar-refractivity contribution in [2.75, 3.05) is 25.7 Å². The Bertz CT molecular complexity index is 857. The number of carbonyl (C=O) groups is 2. The van der Waals surface area contributed by atoms with Crippen LogP contribution in [0.1, 0.15) is 28.8 Å². The maximum Gasteiger partial charge on any atom is 0.227 e. The molecule has 0 bridgehead atoms. The largest absolute Gasteiger partial charge is 0.493 e. The predicted octanol–water partition coefficient (Wildman–Crippen LogP) is 3.73. The number of para-hydroxylation sites is 1. The highest BCUT2D eigenvalue weighted by molar-refractivity contribution is 6.08. The van der Waals surface area contributed by atoms with Gasteiger partial charge in [0.15, 0.2) is 17.3 Å². The van der Waals surface area contributed by atoms with Gasteiger partial charge in [0.25, 0.3) is 0 Å². The second kappa shape index (κ2) is 7.87. The van der Waals surface area contributed by atoms with E-state index < -0.39 is 0 Å². The number of ketones is 1. The van der Waals surface area contributed by atoms with Gasteiger partial charge < -0.3 is 14.4 Å². The molecule has 0 spiro atoms. The van der Waals surface area contributed by atoms with Gasteiger partial charge in [-0.25, -0.2) is 0 Å². The number of nitrogens with zero attached hydrogens (tertiary/aromatic N) is 1. The van der Waals surface area contributed by atoms with E-state index in [2.05, 4.69) is 0 Å². The van der Waals surface area contributed by atoms with Gasteiger partial charge in [-0.1, -0.05) is 24.3 Å². The van der Waals surface area contributed by atoms with E-state index in [0.717, 1.165) is 17.7 Å². The van der Waals surface area contributed by atoms with Crippen molar-refractivity contribution in [3.05, 3.63) is 59.7 Å². The highest BCUT2D eigenvalue weighted by atomic mass is 16.5. The topological polar surface area (TPSA) is 55.8 Å². The van der Waals surface area contributed by atoms with Gasteiger partial charge in [-0.3, -0.25) is 9.59 Å². The number of rotatable bonds is 6. The Kier molecular flexibility index (Phi) is 5.37. The highest BCUT2D eigenvalue weighted by Crippen LogP contribution is 2.31. The van der Waals surface area contributed by atoms with Crippen molar-refractivity contribution in [3.8, 4) is 11.5 Å². The molecule has 5 nitrogen and oxygen atoms in total. The van der Waals surface area contributed by atoms with Crippen molar-refractivity contribution >= 4 is 23.5 Å². The fraction of sp³-hybridized carbons (Fsp3) is 0.238. The first kappa shape index (κ1) is 17.7. The Labute approximate surface area is 152 Å². The number of anilines is 1. The summed E-state index contributed by atoms with van der Waals surface area (Å²) >= 11 is 0. The summed E-state index contributed by atoms with van der Waals surface area (Å²) in [4.78, 5) is 26.2. The van der Waals surface area contributed by atoms with E-state index in [1.807, 2.05) is 18.2 Å². The fourth-order valence-corrected chi connectivity index (χ4v) is 3.05.